The van der Waals surface area contributed by atoms with Gasteiger partial charge in [-0.3, -0.25) is 4.57 Å². The summed E-state index contributed by atoms with van der Waals surface area (Å²) in [7, 11) is -1.96. The van der Waals surface area contributed by atoms with Crippen LogP contribution >= 0.6 is 0 Å². The van der Waals surface area contributed by atoms with Gasteiger partial charge < -0.3 is 14.7 Å². The van der Waals surface area contributed by atoms with Gasteiger partial charge in [0.2, 0.25) is 0 Å². The molecule has 0 atom stereocenters. The second kappa shape index (κ2) is 6.43. The van der Waals surface area contributed by atoms with Gasteiger partial charge in [0.1, 0.15) is 11.6 Å². The number of benzene rings is 3. The maximum absolute atomic E-state index is 8.95. The SMILES string of the molecule is [2H]c1cc(-n2c(-c3ccccc3)nc3ccccc32)ccc1OB(O)O. The molecule has 6 heteroatoms. The summed E-state index contributed by atoms with van der Waals surface area (Å²) >= 11 is 0. The Morgan fingerprint density at radius 1 is 0.920 bits per heavy atom. The van der Waals surface area contributed by atoms with E-state index in [4.69, 9.17) is 21.1 Å². The van der Waals surface area contributed by atoms with Crippen LogP contribution in [0.25, 0.3) is 28.1 Å². The standard InChI is InChI=1S/C19H15BN2O3/c23-20(24)25-16-12-10-15(11-13-16)22-18-9-5-4-8-17(18)21-19(22)14-6-2-1-3-7-14/h1-13,23-24H/i12D. The third kappa shape index (κ3) is 3.00. The molecule has 0 fully saturated rings. The van der Waals surface area contributed by atoms with Crippen molar-refractivity contribution in [3.8, 4) is 22.8 Å². The van der Waals surface area contributed by atoms with Gasteiger partial charge in [-0.25, -0.2) is 4.98 Å². The minimum atomic E-state index is -1.96. The summed E-state index contributed by atoms with van der Waals surface area (Å²) < 4.78 is 14.9. The first kappa shape index (κ1) is 14.3. The lowest BCUT2D eigenvalue weighted by Gasteiger charge is -2.11. The van der Waals surface area contributed by atoms with Gasteiger partial charge in [-0.1, -0.05) is 42.5 Å². The summed E-state index contributed by atoms with van der Waals surface area (Å²) in [4.78, 5) is 4.75. The van der Waals surface area contributed by atoms with Gasteiger partial charge in [0.25, 0.3) is 0 Å². The van der Waals surface area contributed by atoms with E-state index in [-0.39, 0.29) is 11.8 Å². The zero-order valence-electron chi connectivity index (χ0n) is 14.2. The molecule has 0 amide bonds. The largest absolute Gasteiger partial charge is 0.707 e. The first-order chi connectivity index (χ1) is 12.6. The number of aromatic nitrogens is 2. The van der Waals surface area contributed by atoms with Crippen LogP contribution in [0.15, 0.2) is 78.8 Å². The monoisotopic (exact) mass is 331 g/mol. The molecular formula is C19H15BN2O3. The number of imidazole rings is 1. The average Bonchev–Trinajstić information content (AvgIpc) is 3.03. The normalized spacial score (nSPS) is 11.4. The van der Waals surface area contributed by atoms with E-state index < -0.39 is 7.32 Å². The van der Waals surface area contributed by atoms with Crippen molar-refractivity contribution in [3.63, 3.8) is 0 Å². The molecule has 2 N–H and O–H groups in total. The number of hydrogen-bond donors (Lipinski definition) is 2. The van der Waals surface area contributed by atoms with Crippen molar-refractivity contribution in [2.45, 2.75) is 0 Å². The molecule has 0 spiro atoms. The second-order valence-electron chi connectivity index (χ2n) is 5.48. The van der Waals surface area contributed by atoms with E-state index in [0.29, 0.717) is 0 Å². The predicted octanol–water partition coefficient (Wildman–Crippen LogP) is 3.04. The quantitative estimate of drug-likeness (QED) is 0.564. The molecule has 0 aliphatic heterocycles. The van der Waals surface area contributed by atoms with Crippen LogP contribution in [0.2, 0.25) is 0 Å². The van der Waals surface area contributed by atoms with E-state index in [1.165, 1.54) is 0 Å². The Kier molecular flexibility index (Phi) is 3.67. The summed E-state index contributed by atoms with van der Waals surface area (Å²) in [6.45, 7) is 0. The molecule has 4 aromatic rings. The van der Waals surface area contributed by atoms with Crippen LogP contribution in [0.4, 0.5) is 0 Å². The molecule has 3 aromatic carbocycles. The number of nitrogens with zero attached hydrogens (tertiary/aromatic N) is 2. The Labute approximate surface area is 146 Å². The molecule has 0 aliphatic carbocycles. The lowest BCUT2D eigenvalue weighted by Crippen LogP contribution is -2.20. The average molecular weight is 331 g/mol. The summed E-state index contributed by atoms with van der Waals surface area (Å²) in [5, 5.41) is 17.9. The Morgan fingerprint density at radius 2 is 1.68 bits per heavy atom. The number of hydrogen-bond acceptors (Lipinski definition) is 4. The van der Waals surface area contributed by atoms with Gasteiger partial charge in [-0.2, -0.15) is 0 Å². The molecule has 1 aromatic heterocycles. The fourth-order valence-electron chi connectivity index (χ4n) is 2.80. The van der Waals surface area contributed by atoms with E-state index >= 15 is 0 Å². The number of fused-ring (bicyclic) bond motifs is 1. The molecule has 25 heavy (non-hydrogen) atoms. The molecular weight excluding hydrogens is 315 g/mol. The van der Waals surface area contributed by atoms with E-state index in [1.54, 1.807) is 18.2 Å². The van der Waals surface area contributed by atoms with Gasteiger partial charge in [0, 0.05) is 11.3 Å². The molecule has 0 bridgehead atoms. The van der Waals surface area contributed by atoms with Gasteiger partial charge in [-0.15, -0.1) is 0 Å². The zero-order valence-corrected chi connectivity index (χ0v) is 13.2. The highest BCUT2D eigenvalue weighted by Gasteiger charge is 2.15. The summed E-state index contributed by atoms with van der Waals surface area (Å²) in [5.41, 5.74) is 3.47. The van der Waals surface area contributed by atoms with Crippen molar-refractivity contribution in [2.24, 2.45) is 0 Å². The van der Waals surface area contributed by atoms with Gasteiger partial charge >= 0.3 is 7.32 Å². The Hall–Kier alpha value is -3.09. The summed E-state index contributed by atoms with van der Waals surface area (Å²) in [6, 6.07) is 22.6. The van der Waals surface area contributed by atoms with Crippen LogP contribution in [0.1, 0.15) is 1.37 Å². The topological polar surface area (TPSA) is 67.5 Å². The maximum atomic E-state index is 8.95. The van der Waals surface area contributed by atoms with Crippen LogP contribution < -0.4 is 4.65 Å². The zero-order chi connectivity index (χ0) is 18.1. The van der Waals surface area contributed by atoms with Gasteiger partial charge in [-0.05, 0) is 36.4 Å². The second-order valence-corrected chi connectivity index (χ2v) is 5.48. The van der Waals surface area contributed by atoms with E-state index in [9.17, 15) is 0 Å². The van der Waals surface area contributed by atoms with Crippen molar-refractivity contribution in [3.05, 3.63) is 78.8 Å². The summed E-state index contributed by atoms with van der Waals surface area (Å²) in [6.07, 6.45) is 0. The number of rotatable bonds is 4. The Bertz CT molecular complexity index is 1070. The van der Waals surface area contributed by atoms with Crippen molar-refractivity contribution in [2.75, 3.05) is 0 Å². The Balaban J connectivity index is 1.92. The van der Waals surface area contributed by atoms with Crippen molar-refractivity contribution in [1.29, 1.82) is 0 Å². The smallest absolute Gasteiger partial charge is 0.512 e. The molecule has 0 aliphatic rings. The van der Waals surface area contributed by atoms with Gasteiger partial charge in [0.05, 0.1) is 12.4 Å². The first-order valence-corrected chi connectivity index (χ1v) is 7.80. The van der Waals surface area contributed by atoms with E-state index in [1.807, 2.05) is 59.2 Å². The van der Waals surface area contributed by atoms with Crippen molar-refractivity contribution >= 4 is 18.4 Å². The summed E-state index contributed by atoms with van der Waals surface area (Å²) in [5.74, 6) is 0.858. The lowest BCUT2D eigenvalue weighted by atomic mass is 10.2. The Morgan fingerprint density at radius 3 is 2.44 bits per heavy atom. The molecule has 0 saturated heterocycles. The highest BCUT2D eigenvalue weighted by Crippen LogP contribution is 2.29. The van der Waals surface area contributed by atoms with Crippen molar-refractivity contribution < 1.29 is 16.1 Å². The van der Waals surface area contributed by atoms with Gasteiger partial charge in [0.15, 0.2) is 0 Å². The molecule has 0 unspecified atom stereocenters. The third-order valence-electron chi connectivity index (χ3n) is 3.85. The fraction of sp³-hybridized carbons (Fsp3) is 0. The predicted molar refractivity (Wildman–Crippen MR) is 97.3 cm³/mol. The van der Waals surface area contributed by atoms with Crippen molar-refractivity contribution in [1.82, 2.24) is 9.55 Å². The fourth-order valence-corrected chi connectivity index (χ4v) is 2.80. The minimum Gasteiger partial charge on any atom is -0.512 e. The number of para-hydroxylation sites is 2. The minimum absolute atomic E-state index is 0.0485. The van der Waals surface area contributed by atoms with E-state index in [0.717, 1.165) is 28.1 Å². The third-order valence-corrected chi connectivity index (χ3v) is 3.85. The molecule has 122 valence electrons. The van der Waals surface area contributed by atoms with Crippen LogP contribution in [0, 0.1) is 0 Å². The highest BCUT2D eigenvalue weighted by molar-refractivity contribution is 6.33. The molecule has 4 rings (SSSR count). The van der Waals surface area contributed by atoms with Crippen LogP contribution in [0.3, 0.4) is 0 Å². The molecule has 0 radical (unpaired) electrons. The molecule has 5 nitrogen and oxygen atoms in total. The molecule has 0 saturated carbocycles. The first-order valence-electron chi connectivity index (χ1n) is 8.30. The maximum Gasteiger partial charge on any atom is 0.707 e. The van der Waals surface area contributed by atoms with Crippen LogP contribution in [-0.2, 0) is 0 Å². The highest BCUT2D eigenvalue weighted by atomic mass is 16.6. The van der Waals surface area contributed by atoms with Crippen LogP contribution in [0.5, 0.6) is 5.75 Å². The van der Waals surface area contributed by atoms with E-state index in [2.05, 4.69) is 0 Å². The lowest BCUT2D eigenvalue weighted by molar-refractivity contribution is 0.288. The molecule has 1 heterocycles. The van der Waals surface area contributed by atoms with Crippen LogP contribution in [-0.4, -0.2) is 26.9 Å².